The van der Waals surface area contributed by atoms with Crippen LogP contribution in [0.15, 0.2) is 18.2 Å². The smallest absolute Gasteiger partial charge is 0.338 e. The van der Waals surface area contributed by atoms with Crippen LogP contribution in [-0.2, 0) is 10.5 Å². The third kappa shape index (κ3) is 2.31. The minimum absolute atomic E-state index is 0.232. The molecule has 1 aliphatic heterocycles. The molecule has 0 saturated carbocycles. The summed E-state index contributed by atoms with van der Waals surface area (Å²) in [7, 11) is 0. The lowest BCUT2D eigenvalue weighted by atomic mass is 10.1. The molecule has 0 aromatic heterocycles. The first-order valence-corrected chi connectivity index (χ1v) is 6.03. The molecule has 0 atom stereocenters. The van der Waals surface area contributed by atoms with Gasteiger partial charge < -0.3 is 15.6 Å². The molecule has 86 valence electrons. The Hall–Kier alpha value is -1.20. The van der Waals surface area contributed by atoms with E-state index >= 15 is 0 Å². The Balaban J connectivity index is 2.12. The zero-order valence-corrected chi connectivity index (χ0v) is 9.50. The fraction of sp³-hybridized carbons (Fsp3) is 0.364. The minimum Gasteiger partial charge on any atom is -0.478 e. The molecular formula is C11H13NO3S. The predicted molar refractivity (Wildman–Crippen MR) is 63.7 cm³/mol. The molecule has 0 bridgehead atoms. The highest BCUT2D eigenvalue weighted by Gasteiger charge is 2.20. The topological polar surface area (TPSA) is 72.5 Å². The zero-order chi connectivity index (χ0) is 11.5. The van der Waals surface area contributed by atoms with Crippen molar-refractivity contribution in [1.82, 2.24) is 0 Å². The molecule has 1 heterocycles. The van der Waals surface area contributed by atoms with Gasteiger partial charge in [0.1, 0.15) is 0 Å². The number of nitrogen functional groups attached to an aromatic ring is 1. The maximum absolute atomic E-state index is 11.1. The maximum atomic E-state index is 11.1. The molecule has 0 unspecified atom stereocenters. The van der Waals surface area contributed by atoms with Gasteiger partial charge in [0, 0.05) is 11.4 Å². The summed E-state index contributed by atoms with van der Waals surface area (Å²) < 4.78 is 5.06. The van der Waals surface area contributed by atoms with Crippen LogP contribution in [0, 0.1) is 0 Å². The number of hydrogen-bond acceptors (Lipinski definition) is 4. The number of thioether (sulfide) groups is 1. The number of benzene rings is 1. The number of nitrogens with two attached hydrogens (primary N) is 1. The quantitative estimate of drug-likeness (QED) is 0.781. The van der Waals surface area contributed by atoms with Gasteiger partial charge in [-0.25, -0.2) is 4.79 Å². The van der Waals surface area contributed by atoms with E-state index in [1.54, 1.807) is 23.9 Å². The lowest BCUT2D eigenvalue weighted by Crippen LogP contribution is -2.30. The molecule has 4 nitrogen and oxygen atoms in total. The number of anilines is 1. The van der Waals surface area contributed by atoms with E-state index < -0.39 is 5.97 Å². The number of carboxylic acid groups (broad SMARTS) is 1. The first-order valence-electron chi connectivity index (χ1n) is 4.98. The molecule has 1 aromatic carbocycles. The van der Waals surface area contributed by atoms with Gasteiger partial charge in [0.15, 0.2) is 0 Å². The zero-order valence-electron chi connectivity index (χ0n) is 8.68. The van der Waals surface area contributed by atoms with Crippen molar-refractivity contribution in [2.45, 2.75) is 11.0 Å². The third-order valence-corrected chi connectivity index (χ3v) is 3.70. The van der Waals surface area contributed by atoms with E-state index in [0.717, 1.165) is 18.8 Å². The highest BCUT2D eigenvalue weighted by molar-refractivity contribution is 7.99. The first-order chi connectivity index (χ1) is 7.68. The van der Waals surface area contributed by atoms with Gasteiger partial charge in [-0.15, -0.1) is 11.8 Å². The van der Waals surface area contributed by atoms with Gasteiger partial charge in [-0.1, -0.05) is 12.1 Å². The van der Waals surface area contributed by atoms with E-state index in [-0.39, 0.29) is 5.56 Å². The average molecular weight is 239 g/mol. The normalized spacial score (nSPS) is 15.8. The molecule has 2 rings (SSSR count). The second kappa shape index (κ2) is 4.76. The highest BCUT2D eigenvalue weighted by atomic mass is 32.2. The van der Waals surface area contributed by atoms with Gasteiger partial charge in [-0.2, -0.15) is 0 Å². The van der Waals surface area contributed by atoms with Gasteiger partial charge >= 0.3 is 5.97 Å². The standard InChI is InChI=1S/C11H13NO3S/c12-9-3-1-2-7(10(9)11(13)14)6-16-8-4-15-5-8/h1-3,8H,4-6,12H2,(H,13,14). The number of hydrogen-bond donors (Lipinski definition) is 2. The lowest BCUT2D eigenvalue weighted by molar-refractivity contribution is 0.0455. The van der Waals surface area contributed by atoms with E-state index in [0.29, 0.717) is 16.7 Å². The molecule has 16 heavy (non-hydrogen) atoms. The highest BCUT2D eigenvalue weighted by Crippen LogP contribution is 2.27. The molecule has 1 saturated heterocycles. The number of rotatable bonds is 4. The van der Waals surface area contributed by atoms with E-state index in [9.17, 15) is 4.79 Å². The molecule has 1 fully saturated rings. The molecule has 1 aromatic rings. The van der Waals surface area contributed by atoms with Crippen LogP contribution in [0.3, 0.4) is 0 Å². The SMILES string of the molecule is Nc1cccc(CSC2COC2)c1C(=O)O. The second-order valence-corrected chi connectivity index (χ2v) is 4.95. The number of ether oxygens (including phenoxy) is 1. The Morgan fingerprint density at radius 3 is 2.88 bits per heavy atom. The molecule has 0 aliphatic carbocycles. The van der Waals surface area contributed by atoms with Crippen LogP contribution in [0.5, 0.6) is 0 Å². The Labute approximate surface area is 97.8 Å². The molecule has 3 N–H and O–H groups in total. The van der Waals surface area contributed by atoms with E-state index in [4.69, 9.17) is 15.6 Å². The summed E-state index contributed by atoms with van der Waals surface area (Å²) in [6.07, 6.45) is 0. The molecule has 0 radical (unpaired) electrons. The van der Waals surface area contributed by atoms with Gasteiger partial charge in [-0.3, -0.25) is 0 Å². The lowest BCUT2D eigenvalue weighted by Gasteiger charge is -2.25. The van der Waals surface area contributed by atoms with Crippen LogP contribution in [0.25, 0.3) is 0 Å². The van der Waals surface area contributed by atoms with Crippen molar-refractivity contribution in [3.05, 3.63) is 29.3 Å². The van der Waals surface area contributed by atoms with Crippen molar-refractivity contribution in [3.8, 4) is 0 Å². The number of carbonyl (C=O) groups is 1. The van der Waals surface area contributed by atoms with E-state index in [1.807, 2.05) is 6.07 Å². The third-order valence-electron chi connectivity index (χ3n) is 2.48. The maximum Gasteiger partial charge on any atom is 0.338 e. The van der Waals surface area contributed by atoms with Gasteiger partial charge in [0.25, 0.3) is 0 Å². The summed E-state index contributed by atoms with van der Waals surface area (Å²) in [4.78, 5) is 11.1. The van der Waals surface area contributed by atoms with Crippen molar-refractivity contribution in [2.75, 3.05) is 18.9 Å². The number of aromatic carboxylic acids is 1. The van der Waals surface area contributed by atoms with Gasteiger partial charge in [0.2, 0.25) is 0 Å². The van der Waals surface area contributed by atoms with Crippen molar-refractivity contribution in [2.24, 2.45) is 0 Å². The molecule has 1 aliphatic rings. The summed E-state index contributed by atoms with van der Waals surface area (Å²) in [6, 6.07) is 5.21. The van der Waals surface area contributed by atoms with E-state index in [2.05, 4.69) is 0 Å². The monoisotopic (exact) mass is 239 g/mol. The molecular weight excluding hydrogens is 226 g/mol. The fourth-order valence-electron chi connectivity index (χ4n) is 1.52. The van der Waals surface area contributed by atoms with Crippen LogP contribution < -0.4 is 5.73 Å². The Morgan fingerprint density at radius 2 is 2.31 bits per heavy atom. The first kappa shape index (κ1) is 11.3. The summed E-state index contributed by atoms with van der Waals surface area (Å²) in [5.74, 6) is -0.292. The van der Waals surface area contributed by atoms with Crippen molar-refractivity contribution >= 4 is 23.4 Å². The molecule has 0 spiro atoms. The van der Waals surface area contributed by atoms with Crippen LogP contribution in [0.4, 0.5) is 5.69 Å². The Bertz CT molecular complexity index is 404. The van der Waals surface area contributed by atoms with Crippen LogP contribution in [0.2, 0.25) is 0 Å². The van der Waals surface area contributed by atoms with Gasteiger partial charge in [-0.05, 0) is 11.6 Å². The van der Waals surface area contributed by atoms with Crippen molar-refractivity contribution in [3.63, 3.8) is 0 Å². The minimum atomic E-state index is -0.960. The summed E-state index contributed by atoms with van der Waals surface area (Å²) in [6.45, 7) is 1.52. The Morgan fingerprint density at radius 1 is 1.56 bits per heavy atom. The van der Waals surface area contributed by atoms with E-state index in [1.165, 1.54) is 0 Å². The summed E-state index contributed by atoms with van der Waals surface area (Å²) >= 11 is 1.71. The predicted octanol–water partition coefficient (Wildman–Crippen LogP) is 1.60. The van der Waals surface area contributed by atoms with Crippen LogP contribution in [-0.4, -0.2) is 29.5 Å². The van der Waals surface area contributed by atoms with Crippen molar-refractivity contribution < 1.29 is 14.6 Å². The van der Waals surface area contributed by atoms with Crippen LogP contribution in [0.1, 0.15) is 15.9 Å². The van der Waals surface area contributed by atoms with Crippen LogP contribution >= 0.6 is 11.8 Å². The fourth-order valence-corrected chi connectivity index (χ4v) is 2.56. The average Bonchev–Trinajstić information content (AvgIpc) is 2.14. The summed E-state index contributed by atoms with van der Waals surface area (Å²) in [5, 5.41) is 9.56. The summed E-state index contributed by atoms with van der Waals surface area (Å²) in [5.41, 5.74) is 7.00. The Kier molecular flexibility index (Phi) is 3.36. The van der Waals surface area contributed by atoms with Crippen molar-refractivity contribution in [1.29, 1.82) is 0 Å². The second-order valence-electron chi connectivity index (χ2n) is 3.66. The largest absolute Gasteiger partial charge is 0.478 e. The number of carboxylic acids is 1. The van der Waals surface area contributed by atoms with Gasteiger partial charge in [0.05, 0.1) is 24.0 Å². The molecule has 5 heteroatoms. The molecule has 0 amide bonds.